The zero-order chi connectivity index (χ0) is 23.8. The van der Waals surface area contributed by atoms with Gasteiger partial charge in [-0.3, -0.25) is 4.79 Å². The molecule has 0 spiro atoms. The van der Waals surface area contributed by atoms with Crippen molar-refractivity contribution in [1.29, 1.82) is 0 Å². The average Bonchev–Trinajstić information content (AvgIpc) is 2.78. The van der Waals surface area contributed by atoms with Crippen LogP contribution in [0.25, 0.3) is 0 Å². The number of alkyl halides is 3. The molecule has 0 bridgehead atoms. The van der Waals surface area contributed by atoms with Gasteiger partial charge in [-0.2, -0.15) is 13.2 Å². The van der Waals surface area contributed by atoms with Crippen LogP contribution in [0.3, 0.4) is 0 Å². The number of pyridine rings is 1. The van der Waals surface area contributed by atoms with Gasteiger partial charge in [-0.05, 0) is 42.8 Å². The molecule has 0 saturated carbocycles. The Labute approximate surface area is 193 Å². The number of aromatic nitrogens is 3. The molecule has 172 valence electrons. The summed E-state index contributed by atoms with van der Waals surface area (Å²) in [7, 11) is 3.18. The Balaban J connectivity index is 1.70. The van der Waals surface area contributed by atoms with Gasteiger partial charge in [0.15, 0.2) is 0 Å². The second kappa shape index (κ2) is 8.86. The van der Waals surface area contributed by atoms with Gasteiger partial charge in [0.2, 0.25) is 5.82 Å². The predicted octanol–water partition coefficient (Wildman–Crippen LogP) is 4.55. The number of fused-ring (bicyclic) bond motifs is 1. The third-order valence-corrected chi connectivity index (χ3v) is 5.47. The fourth-order valence-electron chi connectivity index (χ4n) is 3.50. The van der Waals surface area contributed by atoms with E-state index in [1.807, 2.05) is 4.90 Å². The molecule has 11 heteroatoms. The van der Waals surface area contributed by atoms with E-state index in [1.54, 1.807) is 32.4 Å². The van der Waals surface area contributed by atoms with Crippen LogP contribution in [0.2, 0.25) is 5.02 Å². The molecule has 1 N–H and O–H groups in total. The Morgan fingerprint density at radius 1 is 1.15 bits per heavy atom. The standard InChI is InChI=1S/C22H20ClF3N6O/c1-31(2)21(33)19-29-17-12-32(20-16(23)4-3-10-27-20)11-9-15(17)18(30-19)28-14-7-5-13(6-8-14)22(24,25)26/h3-8,10H,9,11-12H2,1-2H3,(H,28,29,30). The number of carbonyl (C=O) groups excluding carboxylic acids is 1. The fraction of sp³-hybridized carbons (Fsp3) is 0.273. The second-order valence-electron chi connectivity index (χ2n) is 7.70. The maximum atomic E-state index is 12.9. The predicted molar refractivity (Wildman–Crippen MR) is 119 cm³/mol. The molecule has 3 heterocycles. The van der Waals surface area contributed by atoms with Gasteiger partial charge in [0, 0.05) is 38.1 Å². The Kier molecular flexibility index (Phi) is 6.11. The number of anilines is 3. The molecule has 1 aliphatic heterocycles. The molecule has 33 heavy (non-hydrogen) atoms. The maximum absolute atomic E-state index is 12.9. The third-order valence-electron chi connectivity index (χ3n) is 5.18. The molecule has 0 radical (unpaired) electrons. The molecule has 1 aliphatic rings. The van der Waals surface area contributed by atoms with E-state index in [0.717, 1.165) is 17.7 Å². The molecule has 7 nitrogen and oxygen atoms in total. The highest BCUT2D eigenvalue weighted by molar-refractivity contribution is 6.32. The summed E-state index contributed by atoms with van der Waals surface area (Å²) in [6, 6.07) is 8.13. The molecule has 1 amide bonds. The molecule has 3 aromatic rings. The minimum Gasteiger partial charge on any atom is -0.349 e. The van der Waals surface area contributed by atoms with Crippen LogP contribution >= 0.6 is 11.6 Å². The summed E-state index contributed by atoms with van der Waals surface area (Å²) in [5.74, 6) is 0.598. The highest BCUT2D eigenvalue weighted by Crippen LogP contribution is 2.33. The van der Waals surface area contributed by atoms with Crippen LogP contribution in [-0.2, 0) is 19.1 Å². The van der Waals surface area contributed by atoms with Crippen molar-refractivity contribution in [1.82, 2.24) is 19.9 Å². The molecule has 0 saturated heterocycles. The average molecular weight is 477 g/mol. The highest BCUT2D eigenvalue weighted by atomic mass is 35.5. The number of amides is 1. The van der Waals surface area contributed by atoms with Crippen molar-refractivity contribution < 1.29 is 18.0 Å². The second-order valence-corrected chi connectivity index (χ2v) is 8.11. The maximum Gasteiger partial charge on any atom is 0.416 e. The summed E-state index contributed by atoms with van der Waals surface area (Å²) >= 11 is 6.30. The summed E-state index contributed by atoms with van der Waals surface area (Å²) in [6.45, 7) is 0.930. The van der Waals surface area contributed by atoms with Gasteiger partial charge in [0.25, 0.3) is 5.91 Å². The number of rotatable bonds is 4. The van der Waals surface area contributed by atoms with Gasteiger partial charge < -0.3 is 15.1 Å². The summed E-state index contributed by atoms with van der Waals surface area (Å²) in [6.07, 6.45) is -2.24. The Morgan fingerprint density at radius 3 is 2.52 bits per heavy atom. The first-order valence-corrected chi connectivity index (χ1v) is 10.4. The fourth-order valence-corrected chi connectivity index (χ4v) is 3.74. The minimum absolute atomic E-state index is 0.0119. The van der Waals surface area contributed by atoms with Crippen LogP contribution < -0.4 is 10.2 Å². The molecule has 4 rings (SSSR count). The zero-order valence-corrected chi connectivity index (χ0v) is 18.6. The van der Waals surface area contributed by atoms with Gasteiger partial charge in [-0.25, -0.2) is 15.0 Å². The SMILES string of the molecule is CN(C)C(=O)c1nc2c(c(Nc3ccc(C(F)(F)F)cc3)n1)CCN(c1ncccc1Cl)C2. The first kappa shape index (κ1) is 22.8. The van der Waals surface area contributed by atoms with Crippen molar-refractivity contribution in [2.45, 2.75) is 19.1 Å². The number of hydrogen-bond donors (Lipinski definition) is 1. The number of nitrogens with zero attached hydrogens (tertiary/aromatic N) is 5. The largest absolute Gasteiger partial charge is 0.416 e. The van der Waals surface area contributed by atoms with Gasteiger partial charge in [0.1, 0.15) is 11.6 Å². The molecule has 0 unspecified atom stereocenters. The van der Waals surface area contributed by atoms with E-state index < -0.39 is 11.7 Å². The topological polar surface area (TPSA) is 74.2 Å². The van der Waals surface area contributed by atoms with Crippen LogP contribution in [-0.4, -0.2) is 46.4 Å². The van der Waals surface area contributed by atoms with E-state index in [0.29, 0.717) is 47.6 Å². The Morgan fingerprint density at radius 2 is 1.88 bits per heavy atom. The van der Waals surface area contributed by atoms with Crippen molar-refractivity contribution in [2.24, 2.45) is 0 Å². The molecular formula is C22H20ClF3N6O. The van der Waals surface area contributed by atoms with Gasteiger partial charge in [-0.15, -0.1) is 0 Å². The number of halogens is 4. The van der Waals surface area contributed by atoms with Crippen LogP contribution in [0.1, 0.15) is 27.4 Å². The number of hydrogen-bond acceptors (Lipinski definition) is 6. The van der Waals surface area contributed by atoms with E-state index in [9.17, 15) is 18.0 Å². The molecule has 0 fully saturated rings. The lowest BCUT2D eigenvalue weighted by Gasteiger charge is -2.30. The number of benzene rings is 1. The monoisotopic (exact) mass is 476 g/mol. The first-order valence-electron chi connectivity index (χ1n) is 10.0. The van der Waals surface area contributed by atoms with Crippen molar-refractivity contribution >= 4 is 34.8 Å². The van der Waals surface area contributed by atoms with Gasteiger partial charge in [0.05, 0.1) is 22.8 Å². The van der Waals surface area contributed by atoms with E-state index >= 15 is 0 Å². The molecule has 1 aromatic carbocycles. The molecule has 2 aromatic heterocycles. The number of carbonyl (C=O) groups is 1. The van der Waals surface area contributed by atoms with Crippen molar-refractivity contribution in [2.75, 3.05) is 30.9 Å². The van der Waals surface area contributed by atoms with Crippen molar-refractivity contribution in [3.05, 3.63) is 70.3 Å². The molecular weight excluding hydrogens is 457 g/mol. The minimum atomic E-state index is -4.42. The van der Waals surface area contributed by atoms with Gasteiger partial charge >= 0.3 is 6.18 Å². The summed E-state index contributed by atoms with van der Waals surface area (Å²) < 4.78 is 38.7. The van der Waals surface area contributed by atoms with E-state index in [2.05, 4.69) is 20.3 Å². The lowest BCUT2D eigenvalue weighted by Crippen LogP contribution is -2.34. The van der Waals surface area contributed by atoms with Gasteiger partial charge in [-0.1, -0.05) is 11.6 Å². The highest BCUT2D eigenvalue weighted by Gasteiger charge is 2.30. The van der Waals surface area contributed by atoms with E-state index in [1.165, 1.54) is 17.0 Å². The lowest BCUT2D eigenvalue weighted by molar-refractivity contribution is -0.137. The van der Waals surface area contributed by atoms with E-state index in [-0.39, 0.29) is 11.7 Å². The normalized spacial score (nSPS) is 13.5. The Hall–Kier alpha value is -3.40. The Bertz CT molecular complexity index is 1180. The van der Waals surface area contributed by atoms with Crippen LogP contribution in [0, 0.1) is 0 Å². The van der Waals surface area contributed by atoms with Crippen LogP contribution in [0.15, 0.2) is 42.6 Å². The molecule has 0 aliphatic carbocycles. The third kappa shape index (κ3) is 4.85. The summed E-state index contributed by atoms with van der Waals surface area (Å²) in [4.78, 5) is 29.1. The zero-order valence-electron chi connectivity index (χ0n) is 17.8. The van der Waals surface area contributed by atoms with E-state index in [4.69, 9.17) is 11.6 Å². The first-order chi connectivity index (χ1) is 15.6. The lowest BCUT2D eigenvalue weighted by atomic mass is 10.0. The summed E-state index contributed by atoms with van der Waals surface area (Å²) in [5.41, 5.74) is 1.08. The quantitative estimate of drug-likeness (QED) is 0.595. The number of nitrogens with one attached hydrogen (secondary N) is 1. The smallest absolute Gasteiger partial charge is 0.349 e. The van der Waals surface area contributed by atoms with Crippen molar-refractivity contribution in [3.8, 4) is 0 Å². The van der Waals surface area contributed by atoms with Crippen molar-refractivity contribution in [3.63, 3.8) is 0 Å². The molecule has 0 atom stereocenters. The van der Waals surface area contributed by atoms with Crippen LogP contribution in [0.4, 0.5) is 30.5 Å². The summed E-state index contributed by atoms with van der Waals surface area (Å²) in [5, 5.41) is 3.56. The van der Waals surface area contributed by atoms with Crippen LogP contribution in [0.5, 0.6) is 0 Å².